The SMILES string of the molecule is C[C@H]1CN([C@@H](C)CO)C(=O)c2cccc(NC(=O)c3cnccn3)c2O[C@H]1CN(C)CC1CCCCC1. The van der Waals surface area contributed by atoms with Crippen LogP contribution < -0.4 is 10.1 Å². The second-order valence-corrected chi connectivity index (χ2v) is 10.6. The summed E-state index contributed by atoms with van der Waals surface area (Å²) >= 11 is 0. The molecule has 1 aromatic heterocycles. The molecular formula is C28H39N5O4. The van der Waals surface area contributed by atoms with Crippen LogP contribution in [0, 0.1) is 11.8 Å². The molecule has 0 unspecified atom stereocenters. The van der Waals surface area contributed by atoms with Gasteiger partial charge in [-0.1, -0.05) is 32.3 Å². The van der Waals surface area contributed by atoms with Crippen molar-refractivity contribution in [2.24, 2.45) is 11.8 Å². The van der Waals surface area contributed by atoms with Crippen molar-refractivity contribution in [3.8, 4) is 5.75 Å². The van der Waals surface area contributed by atoms with Gasteiger partial charge >= 0.3 is 0 Å². The number of aromatic nitrogens is 2. The molecule has 2 amide bonds. The molecule has 2 aromatic rings. The van der Waals surface area contributed by atoms with Gasteiger partial charge in [0.05, 0.1) is 30.1 Å². The van der Waals surface area contributed by atoms with Crippen molar-refractivity contribution < 1.29 is 19.4 Å². The maximum absolute atomic E-state index is 13.6. The number of aliphatic hydroxyl groups is 1. The number of aliphatic hydroxyl groups excluding tert-OH is 1. The van der Waals surface area contributed by atoms with E-state index in [1.807, 2.05) is 6.92 Å². The normalized spacial score (nSPS) is 21.5. The smallest absolute Gasteiger partial charge is 0.275 e. The molecule has 37 heavy (non-hydrogen) atoms. The topological polar surface area (TPSA) is 108 Å². The molecule has 9 nitrogen and oxygen atoms in total. The van der Waals surface area contributed by atoms with Crippen molar-refractivity contribution in [3.05, 3.63) is 48.0 Å². The summed E-state index contributed by atoms with van der Waals surface area (Å²) in [4.78, 5) is 38.6. The number of nitrogens with zero attached hydrogens (tertiary/aromatic N) is 4. The number of carbonyl (C=O) groups excluding carboxylic acids is 2. The molecule has 0 radical (unpaired) electrons. The number of carbonyl (C=O) groups is 2. The monoisotopic (exact) mass is 509 g/mol. The van der Waals surface area contributed by atoms with E-state index in [1.165, 1.54) is 50.7 Å². The fourth-order valence-corrected chi connectivity index (χ4v) is 5.35. The van der Waals surface area contributed by atoms with Crippen molar-refractivity contribution in [1.82, 2.24) is 19.8 Å². The third kappa shape index (κ3) is 6.64. The predicted molar refractivity (Wildman–Crippen MR) is 142 cm³/mol. The fourth-order valence-electron chi connectivity index (χ4n) is 5.35. The quantitative estimate of drug-likeness (QED) is 0.561. The van der Waals surface area contributed by atoms with E-state index in [1.54, 1.807) is 23.1 Å². The van der Waals surface area contributed by atoms with E-state index < -0.39 is 5.91 Å². The summed E-state index contributed by atoms with van der Waals surface area (Å²) < 4.78 is 6.61. The Kier molecular flexibility index (Phi) is 9.10. The molecule has 1 saturated carbocycles. The molecule has 1 aromatic carbocycles. The highest BCUT2D eigenvalue weighted by Crippen LogP contribution is 2.35. The molecule has 2 heterocycles. The number of ether oxygens (including phenoxy) is 1. The molecule has 1 fully saturated rings. The summed E-state index contributed by atoms with van der Waals surface area (Å²) in [5.41, 5.74) is 0.946. The van der Waals surface area contributed by atoms with Gasteiger partial charge in [-0.3, -0.25) is 14.6 Å². The lowest BCUT2D eigenvalue weighted by molar-refractivity contribution is 0.0332. The number of likely N-dealkylation sites (N-methyl/N-ethyl adjacent to an activating group) is 1. The number of benzene rings is 1. The predicted octanol–water partition coefficient (Wildman–Crippen LogP) is 3.46. The second-order valence-electron chi connectivity index (χ2n) is 10.6. The van der Waals surface area contributed by atoms with Gasteiger partial charge in [0.1, 0.15) is 11.8 Å². The highest BCUT2D eigenvalue weighted by atomic mass is 16.5. The zero-order valence-corrected chi connectivity index (χ0v) is 22.1. The minimum absolute atomic E-state index is 0.00338. The van der Waals surface area contributed by atoms with E-state index in [0.29, 0.717) is 36.0 Å². The Hall–Kier alpha value is -3.04. The van der Waals surface area contributed by atoms with Crippen LogP contribution in [0.2, 0.25) is 0 Å². The number of nitrogens with one attached hydrogen (secondary N) is 1. The number of rotatable bonds is 8. The average Bonchev–Trinajstić information content (AvgIpc) is 2.91. The largest absolute Gasteiger partial charge is 0.486 e. The number of hydrogen-bond donors (Lipinski definition) is 2. The van der Waals surface area contributed by atoms with Crippen LogP contribution in [0.4, 0.5) is 5.69 Å². The summed E-state index contributed by atoms with van der Waals surface area (Å²) in [6.07, 6.45) is 10.6. The highest BCUT2D eigenvalue weighted by molar-refractivity contribution is 6.06. The molecule has 0 bridgehead atoms. The summed E-state index contributed by atoms with van der Waals surface area (Å²) in [6, 6.07) is 4.82. The molecule has 1 aliphatic carbocycles. The van der Waals surface area contributed by atoms with E-state index in [9.17, 15) is 14.7 Å². The Bertz CT molecular complexity index is 1060. The molecule has 1 aliphatic heterocycles. The standard InChI is InChI=1S/C28H39N5O4/c1-19-15-33(20(2)18-34)28(36)22-10-7-11-23(31-27(35)24-14-29-12-13-30-24)26(22)37-25(19)17-32(3)16-21-8-5-4-6-9-21/h7,10-14,19-21,25,34H,4-6,8-9,15-18H2,1-3H3,(H,31,35)/t19-,20-,25-/m0/s1. The molecule has 0 saturated heterocycles. The van der Waals surface area contributed by atoms with Crippen LogP contribution in [-0.2, 0) is 0 Å². The summed E-state index contributed by atoms with van der Waals surface area (Å²) in [6.45, 7) is 5.97. The van der Waals surface area contributed by atoms with Crippen LogP contribution in [0.1, 0.15) is 66.8 Å². The highest BCUT2D eigenvalue weighted by Gasteiger charge is 2.35. The van der Waals surface area contributed by atoms with E-state index in [2.05, 4.69) is 34.2 Å². The Balaban J connectivity index is 1.63. The number of para-hydroxylation sites is 1. The van der Waals surface area contributed by atoms with Crippen molar-refractivity contribution in [2.75, 3.05) is 38.6 Å². The first-order chi connectivity index (χ1) is 17.9. The fraction of sp³-hybridized carbons (Fsp3) is 0.571. The number of anilines is 1. The average molecular weight is 510 g/mol. The first kappa shape index (κ1) is 27.0. The number of amides is 2. The van der Waals surface area contributed by atoms with Gasteiger partial charge in [-0.15, -0.1) is 0 Å². The van der Waals surface area contributed by atoms with Crippen LogP contribution in [0.25, 0.3) is 0 Å². The second kappa shape index (κ2) is 12.5. The lowest BCUT2D eigenvalue weighted by atomic mass is 9.89. The van der Waals surface area contributed by atoms with Crippen LogP contribution in [-0.4, -0.2) is 82.1 Å². The van der Waals surface area contributed by atoms with Gasteiger partial charge in [0.25, 0.3) is 11.8 Å². The number of fused-ring (bicyclic) bond motifs is 1. The Morgan fingerprint density at radius 1 is 1.24 bits per heavy atom. The van der Waals surface area contributed by atoms with Gasteiger partial charge in [-0.2, -0.15) is 0 Å². The Labute approximate surface area is 219 Å². The van der Waals surface area contributed by atoms with E-state index in [4.69, 9.17) is 4.74 Å². The summed E-state index contributed by atoms with van der Waals surface area (Å²) in [5.74, 6) is 0.391. The van der Waals surface area contributed by atoms with Gasteiger partial charge in [0.15, 0.2) is 5.75 Å². The van der Waals surface area contributed by atoms with Crippen LogP contribution in [0.15, 0.2) is 36.8 Å². The van der Waals surface area contributed by atoms with Crippen molar-refractivity contribution in [2.45, 2.75) is 58.1 Å². The maximum atomic E-state index is 13.6. The van der Waals surface area contributed by atoms with Crippen molar-refractivity contribution in [1.29, 1.82) is 0 Å². The van der Waals surface area contributed by atoms with E-state index in [-0.39, 0.29) is 36.3 Å². The molecule has 3 atom stereocenters. The van der Waals surface area contributed by atoms with Crippen molar-refractivity contribution >= 4 is 17.5 Å². The zero-order chi connectivity index (χ0) is 26.4. The number of hydrogen-bond acceptors (Lipinski definition) is 7. The maximum Gasteiger partial charge on any atom is 0.275 e. The molecule has 2 aliphatic rings. The van der Waals surface area contributed by atoms with Gasteiger partial charge in [-0.25, -0.2) is 4.98 Å². The molecule has 9 heteroatoms. The third-order valence-electron chi connectivity index (χ3n) is 7.52. The molecule has 2 N–H and O–H groups in total. The first-order valence-corrected chi connectivity index (χ1v) is 13.3. The zero-order valence-electron chi connectivity index (χ0n) is 22.1. The van der Waals surface area contributed by atoms with Crippen LogP contribution in [0.3, 0.4) is 0 Å². The van der Waals surface area contributed by atoms with Gasteiger partial charge in [0.2, 0.25) is 0 Å². The lowest BCUT2D eigenvalue weighted by Gasteiger charge is -2.39. The van der Waals surface area contributed by atoms with E-state index in [0.717, 1.165) is 6.54 Å². The molecule has 4 rings (SSSR count). The van der Waals surface area contributed by atoms with Gasteiger partial charge in [0, 0.05) is 37.9 Å². The van der Waals surface area contributed by atoms with Crippen LogP contribution >= 0.6 is 0 Å². The Morgan fingerprint density at radius 2 is 2.03 bits per heavy atom. The first-order valence-electron chi connectivity index (χ1n) is 13.3. The third-order valence-corrected chi connectivity index (χ3v) is 7.52. The molecule has 0 spiro atoms. The minimum atomic E-state index is -0.431. The van der Waals surface area contributed by atoms with Gasteiger partial charge in [-0.05, 0) is 44.9 Å². The van der Waals surface area contributed by atoms with Gasteiger partial charge < -0.3 is 25.0 Å². The molecular weight excluding hydrogens is 470 g/mol. The van der Waals surface area contributed by atoms with Crippen molar-refractivity contribution in [3.63, 3.8) is 0 Å². The summed E-state index contributed by atoms with van der Waals surface area (Å²) in [7, 11) is 2.13. The van der Waals surface area contributed by atoms with E-state index >= 15 is 0 Å². The minimum Gasteiger partial charge on any atom is -0.486 e. The lowest BCUT2D eigenvalue weighted by Crippen LogP contribution is -2.50. The molecule has 200 valence electrons. The Morgan fingerprint density at radius 3 is 2.73 bits per heavy atom. The summed E-state index contributed by atoms with van der Waals surface area (Å²) in [5, 5.41) is 12.8. The van der Waals surface area contributed by atoms with Crippen LogP contribution in [0.5, 0.6) is 5.75 Å².